The Morgan fingerprint density at radius 1 is 0.622 bits per heavy atom. The molecule has 0 amide bonds. The van der Waals surface area contributed by atoms with Gasteiger partial charge in [-0.15, -0.1) is 0 Å². The summed E-state index contributed by atoms with van der Waals surface area (Å²) in [7, 11) is 0. The highest BCUT2D eigenvalue weighted by Gasteiger charge is 2.27. The fourth-order valence-corrected chi connectivity index (χ4v) is 5.63. The van der Waals surface area contributed by atoms with Crippen molar-refractivity contribution in [1.82, 2.24) is 0 Å². The van der Waals surface area contributed by atoms with Crippen LogP contribution in [0.15, 0.2) is 24.3 Å². The molecule has 0 saturated heterocycles. The topological polar surface area (TPSA) is 9.23 Å². The maximum absolute atomic E-state index is 15.1. The third-order valence-corrected chi connectivity index (χ3v) is 7.96. The molecule has 0 bridgehead atoms. The second kappa shape index (κ2) is 15.4. The number of ether oxygens (including phenoxy) is 1. The zero-order chi connectivity index (χ0) is 26.6. The average Bonchev–Trinajstić information content (AvgIpc) is 2.91. The van der Waals surface area contributed by atoms with Gasteiger partial charge in [0.1, 0.15) is 0 Å². The lowest BCUT2D eigenvalue weighted by Crippen LogP contribution is -2.15. The molecule has 0 aromatic heterocycles. The lowest BCUT2D eigenvalue weighted by molar-refractivity contribution is 0.285. The van der Waals surface area contributed by atoms with E-state index in [1.807, 2.05) is 0 Å². The smallest absolute Gasteiger partial charge is 0.201 e. The van der Waals surface area contributed by atoms with E-state index >= 15 is 8.78 Å². The predicted molar refractivity (Wildman–Crippen MR) is 144 cm³/mol. The molecule has 0 unspecified atom stereocenters. The molecular formula is C32H44F4O. The SMILES string of the molecule is CCCCCCCCC1CCC(c2ccc(-c3ccc(OCCCCCC)c(F)c3F)c(F)c2F)CC1. The summed E-state index contributed by atoms with van der Waals surface area (Å²) >= 11 is 0. The van der Waals surface area contributed by atoms with Gasteiger partial charge in [-0.25, -0.2) is 13.2 Å². The number of unbranched alkanes of at least 4 members (excludes halogenated alkanes) is 8. The molecule has 0 radical (unpaired) electrons. The molecule has 206 valence electrons. The van der Waals surface area contributed by atoms with E-state index in [-0.39, 0.29) is 29.4 Å². The molecule has 1 aliphatic rings. The van der Waals surface area contributed by atoms with E-state index in [0.29, 0.717) is 11.5 Å². The van der Waals surface area contributed by atoms with E-state index < -0.39 is 23.3 Å². The first kappa shape index (κ1) is 29.5. The average molecular weight is 521 g/mol. The van der Waals surface area contributed by atoms with Crippen molar-refractivity contribution in [3.8, 4) is 16.9 Å². The first-order valence-electron chi connectivity index (χ1n) is 14.6. The lowest BCUT2D eigenvalue weighted by atomic mass is 9.76. The third-order valence-electron chi connectivity index (χ3n) is 7.96. The molecule has 1 nitrogen and oxygen atoms in total. The van der Waals surface area contributed by atoms with Gasteiger partial charge in [-0.3, -0.25) is 0 Å². The molecule has 5 heteroatoms. The van der Waals surface area contributed by atoms with Gasteiger partial charge in [0.05, 0.1) is 6.61 Å². The van der Waals surface area contributed by atoms with Crippen LogP contribution in [0.5, 0.6) is 5.75 Å². The van der Waals surface area contributed by atoms with Crippen LogP contribution in [0.4, 0.5) is 17.6 Å². The molecule has 0 spiro atoms. The number of hydrogen-bond acceptors (Lipinski definition) is 1. The van der Waals surface area contributed by atoms with Crippen LogP contribution >= 0.6 is 0 Å². The summed E-state index contributed by atoms with van der Waals surface area (Å²) in [5, 5.41) is 0. The van der Waals surface area contributed by atoms with E-state index in [1.165, 1.54) is 63.1 Å². The van der Waals surface area contributed by atoms with Gasteiger partial charge < -0.3 is 4.74 Å². The minimum atomic E-state index is -1.22. The van der Waals surface area contributed by atoms with Gasteiger partial charge in [0.15, 0.2) is 23.2 Å². The van der Waals surface area contributed by atoms with E-state index in [2.05, 4.69) is 13.8 Å². The number of halogens is 4. The first-order valence-corrected chi connectivity index (χ1v) is 14.6. The Kier molecular flexibility index (Phi) is 12.3. The van der Waals surface area contributed by atoms with Crippen LogP contribution in [-0.4, -0.2) is 6.61 Å². The van der Waals surface area contributed by atoms with E-state index in [9.17, 15) is 8.78 Å². The first-order chi connectivity index (χ1) is 18.0. The molecule has 2 aromatic carbocycles. The van der Waals surface area contributed by atoms with E-state index in [4.69, 9.17) is 4.74 Å². The zero-order valence-electron chi connectivity index (χ0n) is 22.7. The summed E-state index contributed by atoms with van der Waals surface area (Å²) in [6.07, 6.45) is 16.5. The summed E-state index contributed by atoms with van der Waals surface area (Å²) < 4.78 is 65.1. The van der Waals surface area contributed by atoms with Gasteiger partial charge in [-0.2, -0.15) is 4.39 Å². The summed E-state index contributed by atoms with van der Waals surface area (Å²) in [6.45, 7) is 4.60. The van der Waals surface area contributed by atoms with Crippen molar-refractivity contribution in [3.63, 3.8) is 0 Å². The maximum Gasteiger partial charge on any atom is 0.201 e. The van der Waals surface area contributed by atoms with Gasteiger partial charge in [0, 0.05) is 11.1 Å². The molecule has 3 rings (SSSR count). The highest BCUT2D eigenvalue weighted by Crippen LogP contribution is 2.41. The molecule has 37 heavy (non-hydrogen) atoms. The van der Waals surface area contributed by atoms with Crippen molar-refractivity contribution in [3.05, 3.63) is 53.1 Å². The molecular weight excluding hydrogens is 476 g/mol. The Labute approximate surface area is 221 Å². The molecule has 0 N–H and O–H groups in total. The fourth-order valence-electron chi connectivity index (χ4n) is 5.63. The Bertz CT molecular complexity index is 966. The predicted octanol–water partition coefficient (Wildman–Crippen LogP) is 10.9. The molecule has 1 aliphatic carbocycles. The second-order valence-corrected chi connectivity index (χ2v) is 10.8. The molecule has 0 heterocycles. The highest BCUT2D eigenvalue weighted by atomic mass is 19.2. The van der Waals surface area contributed by atoms with E-state index in [1.54, 1.807) is 6.07 Å². The van der Waals surface area contributed by atoms with Gasteiger partial charge in [0.25, 0.3) is 0 Å². The number of benzene rings is 2. The van der Waals surface area contributed by atoms with E-state index in [0.717, 1.165) is 51.4 Å². The molecule has 1 fully saturated rings. The highest BCUT2D eigenvalue weighted by molar-refractivity contribution is 5.66. The Morgan fingerprint density at radius 2 is 1.19 bits per heavy atom. The minimum Gasteiger partial charge on any atom is -0.490 e. The molecule has 0 atom stereocenters. The summed E-state index contributed by atoms with van der Waals surface area (Å²) in [5.74, 6) is -4.00. The van der Waals surface area contributed by atoms with Crippen molar-refractivity contribution in [2.45, 2.75) is 116 Å². The fraction of sp³-hybridized carbons (Fsp3) is 0.625. The van der Waals surface area contributed by atoms with Crippen molar-refractivity contribution >= 4 is 0 Å². The summed E-state index contributed by atoms with van der Waals surface area (Å²) in [4.78, 5) is 0. The third kappa shape index (κ3) is 8.22. The monoisotopic (exact) mass is 520 g/mol. The Morgan fingerprint density at radius 3 is 1.86 bits per heavy atom. The van der Waals surface area contributed by atoms with Crippen LogP contribution < -0.4 is 4.74 Å². The standard InChI is InChI=1S/C32H44F4O/c1-3-5-7-9-10-11-13-23-14-16-24(17-15-23)25-18-19-26(30(34)29(25)33)27-20-21-28(32(36)31(27)35)37-22-12-8-6-4-2/h18-21,23-24H,3-17,22H2,1-2H3. The maximum atomic E-state index is 15.1. The normalized spacial score (nSPS) is 17.8. The van der Waals surface area contributed by atoms with Crippen LogP contribution in [0.25, 0.3) is 11.1 Å². The zero-order valence-corrected chi connectivity index (χ0v) is 22.7. The van der Waals surface area contributed by atoms with Crippen LogP contribution in [0, 0.1) is 29.2 Å². The van der Waals surface area contributed by atoms with Gasteiger partial charge in [-0.1, -0.05) is 90.2 Å². The van der Waals surface area contributed by atoms with Crippen molar-refractivity contribution < 1.29 is 22.3 Å². The molecule has 1 saturated carbocycles. The summed E-state index contributed by atoms with van der Waals surface area (Å²) in [5.41, 5.74) is -0.197. The molecule has 2 aromatic rings. The van der Waals surface area contributed by atoms with Crippen molar-refractivity contribution in [1.29, 1.82) is 0 Å². The van der Waals surface area contributed by atoms with Crippen LogP contribution in [0.2, 0.25) is 0 Å². The lowest BCUT2D eigenvalue weighted by Gasteiger charge is -2.29. The molecule has 0 aliphatic heterocycles. The number of hydrogen-bond donors (Lipinski definition) is 0. The van der Waals surface area contributed by atoms with Crippen LogP contribution in [0.1, 0.15) is 122 Å². The quantitative estimate of drug-likeness (QED) is 0.168. The Hall–Kier alpha value is -2.04. The van der Waals surface area contributed by atoms with Gasteiger partial charge in [-0.05, 0) is 61.6 Å². The second-order valence-electron chi connectivity index (χ2n) is 10.8. The van der Waals surface area contributed by atoms with Crippen LogP contribution in [-0.2, 0) is 0 Å². The van der Waals surface area contributed by atoms with Crippen molar-refractivity contribution in [2.24, 2.45) is 5.92 Å². The minimum absolute atomic E-state index is 0.0329. The van der Waals surface area contributed by atoms with Crippen LogP contribution in [0.3, 0.4) is 0 Å². The van der Waals surface area contributed by atoms with Gasteiger partial charge in [0.2, 0.25) is 5.82 Å². The largest absolute Gasteiger partial charge is 0.490 e. The van der Waals surface area contributed by atoms with Crippen molar-refractivity contribution in [2.75, 3.05) is 6.61 Å². The Balaban J connectivity index is 1.59. The summed E-state index contributed by atoms with van der Waals surface area (Å²) in [6, 6.07) is 5.51. The van der Waals surface area contributed by atoms with Gasteiger partial charge >= 0.3 is 0 Å². The number of rotatable bonds is 15.